The van der Waals surface area contributed by atoms with Crippen molar-refractivity contribution in [3.8, 4) is 17.7 Å². The maximum absolute atomic E-state index is 15.4. The number of hydrogen-bond donors (Lipinski definition) is 2. The molecule has 2 aromatic carbocycles. The molecule has 1 aliphatic carbocycles. The van der Waals surface area contributed by atoms with Crippen LogP contribution in [0.25, 0.3) is 10.8 Å². The average Bonchev–Trinajstić information content (AvgIpc) is 3.40. The van der Waals surface area contributed by atoms with Crippen LogP contribution in [-0.4, -0.2) is 77.1 Å². The van der Waals surface area contributed by atoms with Crippen molar-refractivity contribution in [1.29, 1.82) is 5.26 Å². The molecule has 4 saturated heterocycles. The van der Waals surface area contributed by atoms with E-state index in [0.29, 0.717) is 54.7 Å². The third-order valence-electron chi connectivity index (χ3n) is 11.7. The van der Waals surface area contributed by atoms with Crippen LogP contribution in [-0.2, 0) is 13.0 Å². The molecule has 0 amide bonds. The summed E-state index contributed by atoms with van der Waals surface area (Å²) in [5.41, 5.74) is 2.72. The van der Waals surface area contributed by atoms with E-state index >= 15 is 4.39 Å². The van der Waals surface area contributed by atoms with Gasteiger partial charge < -0.3 is 25.0 Å². The fourth-order valence-corrected chi connectivity index (χ4v) is 9.38. The van der Waals surface area contributed by atoms with Crippen LogP contribution >= 0.6 is 0 Å². The van der Waals surface area contributed by atoms with Gasteiger partial charge in [0, 0.05) is 60.7 Å². The van der Waals surface area contributed by atoms with Crippen LogP contribution in [0, 0.1) is 23.0 Å². The summed E-state index contributed by atoms with van der Waals surface area (Å²) in [6.45, 7) is 3.36. The molecule has 4 atom stereocenters. The topological polar surface area (TPSA) is 87.9 Å². The molecule has 9 rings (SSSR count). The SMILES string of the molecule is N#Cc1c(OC[C@@]23CCCN2C[C@H](F)C3)nc2c(c1N1CC3CCC(C1)N3)CC1(CC1)N(c1cc(O)cc3ccc(F)c(F)c13)C2. The molecule has 6 heterocycles. The third-order valence-corrected chi connectivity index (χ3v) is 11.7. The molecule has 1 spiro atoms. The highest BCUT2D eigenvalue weighted by molar-refractivity contribution is 5.97. The van der Waals surface area contributed by atoms with Crippen LogP contribution in [0.1, 0.15) is 61.8 Å². The van der Waals surface area contributed by atoms with Gasteiger partial charge in [0.25, 0.3) is 0 Å². The minimum atomic E-state index is -0.939. The molecule has 3 aromatic rings. The van der Waals surface area contributed by atoms with E-state index in [4.69, 9.17) is 9.72 Å². The minimum absolute atomic E-state index is 0.0213. The second-order valence-corrected chi connectivity index (χ2v) is 14.5. The van der Waals surface area contributed by atoms with E-state index in [2.05, 4.69) is 26.1 Å². The first-order chi connectivity index (χ1) is 22.3. The first-order valence-corrected chi connectivity index (χ1v) is 16.6. The van der Waals surface area contributed by atoms with Gasteiger partial charge in [0.15, 0.2) is 11.6 Å². The van der Waals surface area contributed by atoms with E-state index in [1.807, 2.05) is 0 Å². The average molecular weight is 631 g/mol. The van der Waals surface area contributed by atoms with Crippen molar-refractivity contribution in [3.05, 3.63) is 52.7 Å². The molecule has 2 N–H and O–H groups in total. The number of nitrogens with zero attached hydrogens (tertiary/aromatic N) is 5. The van der Waals surface area contributed by atoms with Gasteiger partial charge in [-0.3, -0.25) is 4.90 Å². The number of fused-ring (bicyclic) bond motifs is 5. The quantitative estimate of drug-likeness (QED) is 0.404. The van der Waals surface area contributed by atoms with Gasteiger partial charge in [0.05, 0.1) is 29.2 Å². The van der Waals surface area contributed by atoms with E-state index in [0.717, 1.165) is 81.2 Å². The number of hydrogen-bond acceptors (Lipinski definition) is 8. The van der Waals surface area contributed by atoms with Gasteiger partial charge in [-0.05, 0) is 69.0 Å². The Balaban J connectivity index is 1.17. The Morgan fingerprint density at radius 3 is 2.67 bits per heavy atom. The summed E-state index contributed by atoms with van der Waals surface area (Å²) in [6, 6.07) is 8.70. The van der Waals surface area contributed by atoms with Crippen molar-refractivity contribution < 1.29 is 23.0 Å². The lowest BCUT2D eigenvalue weighted by molar-refractivity contribution is 0.110. The Labute approximate surface area is 265 Å². The largest absolute Gasteiger partial charge is 0.508 e. The number of phenols is 1. The molecule has 8 nitrogen and oxygen atoms in total. The zero-order valence-corrected chi connectivity index (χ0v) is 25.7. The molecule has 11 heteroatoms. The van der Waals surface area contributed by atoms with Crippen LogP contribution in [0.3, 0.4) is 0 Å². The van der Waals surface area contributed by atoms with Crippen molar-refractivity contribution in [2.45, 2.75) is 87.2 Å². The number of nitriles is 1. The molecule has 6 aliphatic rings. The van der Waals surface area contributed by atoms with E-state index in [1.165, 1.54) is 18.2 Å². The van der Waals surface area contributed by atoms with Gasteiger partial charge in [-0.25, -0.2) is 18.2 Å². The summed E-state index contributed by atoms with van der Waals surface area (Å²) in [6.07, 6.45) is 5.81. The molecule has 0 radical (unpaired) electrons. The van der Waals surface area contributed by atoms with Crippen LogP contribution in [0.4, 0.5) is 24.5 Å². The highest BCUT2D eigenvalue weighted by Gasteiger charge is 2.54. The Morgan fingerprint density at radius 1 is 1.11 bits per heavy atom. The van der Waals surface area contributed by atoms with Crippen molar-refractivity contribution in [2.24, 2.45) is 0 Å². The second kappa shape index (κ2) is 10.1. The number of halogens is 3. The van der Waals surface area contributed by atoms with Crippen molar-refractivity contribution in [2.75, 3.05) is 42.6 Å². The van der Waals surface area contributed by atoms with E-state index in [-0.39, 0.29) is 29.2 Å². The molecule has 1 saturated carbocycles. The number of ether oxygens (including phenoxy) is 1. The maximum Gasteiger partial charge on any atom is 0.234 e. The molecular formula is C35H37F3N6O2. The molecule has 46 heavy (non-hydrogen) atoms. The summed E-state index contributed by atoms with van der Waals surface area (Å²) in [5.74, 6) is -1.64. The lowest BCUT2D eigenvalue weighted by Crippen LogP contribution is -2.52. The molecule has 2 unspecified atom stereocenters. The third kappa shape index (κ3) is 4.29. The van der Waals surface area contributed by atoms with Crippen molar-refractivity contribution >= 4 is 22.1 Å². The molecule has 5 aliphatic heterocycles. The lowest BCUT2D eigenvalue weighted by Gasteiger charge is -2.43. The minimum Gasteiger partial charge on any atom is -0.508 e. The van der Waals surface area contributed by atoms with Crippen LogP contribution in [0.2, 0.25) is 0 Å². The standard InChI is InChI=1S/C35H37F3N6O2/c36-21-12-35(6-1-9-43(35)15-21)19-46-33-26(14-39)32(42-16-22-3-4-23(17-42)40-22)25-13-34(7-8-34)44(18-28(25)41-33)29-11-24(45)10-20-2-5-27(37)31(38)30(20)29/h2,5,10-11,21-23,40,45H,1,3-4,6-9,12-13,15-19H2/t21-,22?,23?,35+/m1/s1. The zero-order valence-electron chi connectivity index (χ0n) is 25.7. The van der Waals surface area contributed by atoms with Crippen LogP contribution in [0.15, 0.2) is 24.3 Å². The first-order valence-electron chi connectivity index (χ1n) is 16.6. The first kappa shape index (κ1) is 28.5. The fourth-order valence-electron chi connectivity index (χ4n) is 9.38. The summed E-state index contributed by atoms with van der Waals surface area (Å²) in [4.78, 5) is 11.6. The highest BCUT2D eigenvalue weighted by atomic mass is 19.2. The number of piperazine rings is 1. The molecule has 2 bridgehead atoms. The molecule has 5 fully saturated rings. The van der Waals surface area contributed by atoms with Crippen LogP contribution < -0.4 is 19.9 Å². The Kier molecular flexibility index (Phi) is 6.27. The monoisotopic (exact) mass is 630 g/mol. The van der Waals surface area contributed by atoms with Crippen LogP contribution in [0.5, 0.6) is 11.6 Å². The fraction of sp³-hybridized carbons (Fsp3) is 0.543. The van der Waals surface area contributed by atoms with Gasteiger partial charge in [-0.2, -0.15) is 5.26 Å². The van der Waals surface area contributed by atoms with Gasteiger partial charge in [-0.15, -0.1) is 0 Å². The molecule has 240 valence electrons. The summed E-state index contributed by atoms with van der Waals surface area (Å²) in [5, 5.41) is 25.6. The number of aromatic nitrogens is 1. The van der Waals surface area contributed by atoms with Gasteiger partial charge in [0.1, 0.15) is 30.2 Å². The number of phenolic OH excluding ortho intramolecular Hbond substituents is 1. The lowest BCUT2D eigenvalue weighted by atomic mass is 9.90. The summed E-state index contributed by atoms with van der Waals surface area (Å²) >= 11 is 0. The zero-order chi connectivity index (χ0) is 31.4. The number of aromatic hydroxyl groups is 1. The maximum atomic E-state index is 15.4. The predicted octanol–water partition coefficient (Wildman–Crippen LogP) is 5.08. The Morgan fingerprint density at radius 2 is 1.91 bits per heavy atom. The molecular weight excluding hydrogens is 593 g/mol. The van der Waals surface area contributed by atoms with Crippen molar-refractivity contribution in [3.63, 3.8) is 0 Å². The number of anilines is 2. The van der Waals surface area contributed by atoms with E-state index in [9.17, 15) is 19.1 Å². The van der Waals surface area contributed by atoms with Gasteiger partial charge >= 0.3 is 0 Å². The predicted molar refractivity (Wildman–Crippen MR) is 167 cm³/mol. The Bertz CT molecular complexity index is 1800. The number of rotatable bonds is 5. The molecule has 1 aromatic heterocycles. The second-order valence-electron chi connectivity index (χ2n) is 14.5. The van der Waals surface area contributed by atoms with E-state index < -0.39 is 23.3 Å². The number of alkyl halides is 1. The number of benzene rings is 2. The smallest absolute Gasteiger partial charge is 0.234 e. The Hall–Kier alpha value is -3.75. The normalized spacial score (nSPS) is 29.3. The number of pyridine rings is 1. The number of nitrogens with one attached hydrogen (secondary N) is 1. The summed E-state index contributed by atoms with van der Waals surface area (Å²) < 4.78 is 51.1. The highest BCUT2D eigenvalue weighted by Crippen LogP contribution is 2.55. The van der Waals surface area contributed by atoms with E-state index in [1.54, 1.807) is 0 Å². The van der Waals surface area contributed by atoms with Gasteiger partial charge in [0.2, 0.25) is 5.88 Å². The van der Waals surface area contributed by atoms with Gasteiger partial charge in [-0.1, -0.05) is 6.07 Å². The summed E-state index contributed by atoms with van der Waals surface area (Å²) in [7, 11) is 0. The van der Waals surface area contributed by atoms with Crippen molar-refractivity contribution in [1.82, 2.24) is 15.2 Å².